The van der Waals surface area contributed by atoms with E-state index in [0.717, 1.165) is 6.42 Å². The lowest BCUT2D eigenvalue weighted by Gasteiger charge is -2.24. The van der Waals surface area contributed by atoms with Crippen molar-refractivity contribution in [2.24, 2.45) is 5.92 Å². The molecule has 0 heterocycles. The number of nitrogens with zero attached hydrogens (tertiary/aromatic N) is 1. The molecule has 1 rings (SSSR count). The molecule has 5 nitrogen and oxygen atoms in total. The maximum atomic E-state index is 13.6. The van der Waals surface area contributed by atoms with E-state index < -0.39 is 17.4 Å². The van der Waals surface area contributed by atoms with Gasteiger partial charge in [-0.2, -0.15) is 5.26 Å². The molecule has 0 aromatic heterocycles. The van der Waals surface area contributed by atoms with Gasteiger partial charge in [-0.25, -0.2) is 9.18 Å². The molecule has 0 aliphatic carbocycles. The molecule has 126 valence electrons. The van der Waals surface area contributed by atoms with Gasteiger partial charge in [-0.1, -0.05) is 13.8 Å². The summed E-state index contributed by atoms with van der Waals surface area (Å²) in [6, 6.07) is 5.41. The Kier molecular flexibility index (Phi) is 6.98. The predicted molar refractivity (Wildman–Crippen MR) is 86.0 cm³/mol. The lowest BCUT2D eigenvalue weighted by atomic mass is 9.95. The number of hydrogen-bond acceptors (Lipinski definition) is 3. The summed E-state index contributed by atoms with van der Waals surface area (Å²) in [5.74, 6) is -0.00100. The van der Waals surface area contributed by atoms with Crippen molar-refractivity contribution in [2.45, 2.75) is 45.8 Å². The van der Waals surface area contributed by atoms with Gasteiger partial charge < -0.3 is 15.7 Å². The van der Waals surface area contributed by atoms with Gasteiger partial charge in [0.25, 0.3) is 0 Å². The molecule has 1 unspecified atom stereocenters. The summed E-state index contributed by atoms with van der Waals surface area (Å²) >= 11 is 0. The third kappa shape index (κ3) is 7.11. The molecular weight excluding hydrogens is 297 g/mol. The third-order valence-corrected chi connectivity index (χ3v) is 3.50. The summed E-state index contributed by atoms with van der Waals surface area (Å²) in [6.45, 7) is 5.90. The van der Waals surface area contributed by atoms with Crippen LogP contribution < -0.4 is 10.6 Å². The fraction of sp³-hybridized carbons (Fsp3) is 0.529. The van der Waals surface area contributed by atoms with E-state index in [4.69, 9.17) is 5.26 Å². The summed E-state index contributed by atoms with van der Waals surface area (Å²) in [5.41, 5.74) is -0.404. The number of amides is 2. The Hall–Kier alpha value is -2.13. The number of hydrogen-bond donors (Lipinski definition) is 3. The minimum atomic E-state index is -0.979. The van der Waals surface area contributed by atoms with Gasteiger partial charge in [0.1, 0.15) is 5.82 Å². The number of carbonyl (C=O) groups is 1. The Labute approximate surface area is 136 Å². The molecule has 0 aliphatic heterocycles. The zero-order valence-electron chi connectivity index (χ0n) is 13.8. The third-order valence-electron chi connectivity index (χ3n) is 3.50. The monoisotopic (exact) mass is 321 g/mol. The highest BCUT2D eigenvalue weighted by molar-refractivity contribution is 5.73. The molecule has 0 fully saturated rings. The van der Waals surface area contributed by atoms with Crippen molar-refractivity contribution in [1.82, 2.24) is 10.6 Å². The van der Waals surface area contributed by atoms with Crippen molar-refractivity contribution in [2.75, 3.05) is 6.54 Å². The van der Waals surface area contributed by atoms with Gasteiger partial charge in [0.15, 0.2) is 0 Å². The van der Waals surface area contributed by atoms with E-state index >= 15 is 0 Å². The molecule has 0 bridgehead atoms. The van der Waals surface area contributed by atoms with E-state index in [1.807, 2.05) is 6.07 Å². The zero-order chi connectivity index (χ0) is 17.5. The van der Waals surface area contributed by atoms with Gasteiger partial charge in [0, 0.05) is 18.7 Å². The van der Waals surface area contributed by atoms with Crippen LogP contribution in [0, 0.1) is 23.1 Å². The van der Waals surface area contributed by atoms with Crippen LogP contribution in [0.2, 0.25) is 0 Å². The predicted octanol–water partition coefficient (Wildman–Crippen LogP) is 2.68. The van der Waals surface area contributed by atoms with Crippen LogP contribution in [0.15, 0.2) is 18.2 Å². The Balaban J connectivity index is 2.44. The van der Waals surface area contributed by atoms with Gasteiger partial charge in [-0.05, 0) is 43.9 Å². The standard InChI is InChI=1S/C17H24FN3O2/c1-12(2)6-7-17(3,23)11-21-16(22)20-10-14-8-13(9-19)4-5-15(14)18/h4-5,8,12,23H,6-7,10-11H2,1-3H3,(H2,20,21,22). The largest absolute Gasteiger partial charge is 0.388 e. The Morgan fingerprint density at radius 1 is 1.43 bits per heavy atom. The second-order valence-electron chi connectivity index (χ2n) is 6.38. The van der Waals surface area contributed by atoms with E-state index in [9.17, 15) is 14.3 Å². The second-order valence-corrected chi connectivity index (χ2v) is 6.38. The second kappa shape index (κ2) is 8.49. The Bertz CT molecular complexity index is 580. The Morgan fingerprint density at radius 3 is 2.74 bits per heavy atom. The molecule has 0 spiro atoms. The van der Waals surface area contributed by atoms with Crippen molar-refractivity contribution in [3.63, 3.8) is 0 Å². The molecule has 0 aliphatic rings. The molecule has 2 amide bonds. The first-order valence-corrected chi connectivity index (χ1v) is 7.66. The average molecular weight is 321 g/mol. The minimum absolute atomic E-state index is 0.0265. The molecule has 6 heteroatoms. The van der Waals surface area contributed by atoms with Crippen LogP contribution in [0.5, 0.6) is 0 Å². The molecule has 1 aromatic carbocycles. The van der Waals surface area contributed by atoms with E-state index in [1.165, 1.54) is 18.2 Å². The topological polar surface area (TPSA) is 85.2 Å². The average Bonchev–Trinajstić information content (AvgIpc) is 2.50. The molecule has 3 N–H and O–H groups in total. The molecular formula is C17H24FN3O2. The highest BCUT2D eigenvalue weighted by atomic mass is 19.1. The van der Waals surface area contributed by atoms with Gasteiger partial charge in [0.2, 0.25) is 0 Å². The van der Waals surface area contributed by atoms with Crippen LogP contribution in [0.4, 0.5) is 9.18 Å². The van der Waals surface area contributed by atoms with Crippen LogP contribution in [0.1, 0.15) is 44.7 Å². The normalized spacial score (nSPS) is 13.3. The minimum Gasteiger partial charge on any atom is -0.388 e. The fourth-order valence-corrected chi connectivity index (χ4v) is 1.98. The Morgan fingerprint density at radius 2 is 2.13 bits per heavy atom. The maximum Gasteiger partial charge on any atom is 0.315 e. The quantitative estimate of drug-likeness (QED) is 0.722. The SMILES string of the molecule is CC(C)CCC(C)(O)CNC(=O)NCc1cc(C#N)ccc1F. The lowest BCUT2D eigenvalue weighted by molar-refractivity contribution is 0.0476. The number of aliphatic hydroxyl groups is 1. The van der Waals surface area contributed by atoms with Gasteiger partial charge in [-0.3, -0.25) is 0 Å². The van der Waals surface area contributed by atoms with E-state index in [2.05, 4.69) is 24.5 Å². The number of nitriles is 1. The number of carbonyl (C=O) groups excluding carboxylic acids is 1. The summed E-state index contributed by atoms with van der Waals surface area (Å²) in [6.07, 6.45) is 1.45. The number of rotatable bonds is 7. The summed E-state index contributed by atoms with van der Waals surface area (Å²) in [5, 5.41) is 24.1. The van der Waals surface area contributed by atoms with Crippen molar-refractivity contribution in [3.8, 4) is 6.07 Å². The lowest BCUT2D eigenvalue weighted by Crippen LogP contribution is -2.44. The molecule has 0 saturated carbocycles. The summed E-state index contributed by atoms with van der Waals surface area (Å²) in [7, 11) is 0. The number of halogens is 1. The van der Waals surface area contributed by atoms with Gasteiger partial charge >= 0.3 is 6.03 Å². The molecule has 0 saturated heterocycles. The van der Waals surface area contributed by atoms with Crippen molar-refractivity contribution < 1.29 is 14.3 Å². The fourth-order valence-electron chi connectivity index (χ4n) is 1.98. The highest BCUT2D eigenvalue weighted by Gasteiger charge is 2.21. The van der Waals surface area contributed by atoms with E-state index in [-0.39, 0.29) is 18.7 Å². The van der Waals surface area contributed by atoms with Gasteiger partial charge in [-0.15, -0.1) is 0 Å². The maximum absolute atomic E-state index is 13.6. The first-order chi connectivity index (χ1) is 10.7. The molecule has 1 atom stereocenters. The number of nitrogens with one attached hydrogen (secondary N) is 2. The molecule has 23 heavy (non-hydrogen) atoms. The smallest absolute Gasteiger partial charge is 0.315 e. The molecule has 1 aromatic rings. The van der Waals surface area contributed by atoms with Crippen LogP contribution >= 0.6 is 0 Å². The number of benzene rings is 1. The number of urea groups is 1. The van der Waals surface area contributed by atoms with Crippen molar-refractivity contribution >= 4 is 6.03 Å². The summed E-state index contributed by atoms with van der Waals surface area (Å²) in [4.78, 5) is 11.7. The van der Waals surface area contributed by atoms with Crippen LogP contribution in [-0.4, -0.2) is 23.3 Å². The van der Waals surface area contributed by atoms with Crippen molar-refractivity contribution in [1.29, 1.82) is 5.26 Å². The molecule has 0 radical (unpaired) electrons. The van der Waals surface area contributed by atoms with Crippen LogP contribution in [0.3, 0.4) is 0 Å². The van der Waals surface area contributed by atoms with E-state index in [0.29, 0.717) is 17.9 Å². The zero-order valence-corrected chi connectivity index (χ0v) is 13.8. The first-order valence-electron chi connectivity index (χ1n) is 7.66. The van der Waals surface area contributed by atoms with Gasteiger partial charge in [0.05, 0.1) is 17.2 Å². The van der Waals surface area contributed by atoms with E-state index in [1.54, 1.807) is 6.92 Å². The first kappa shape index (κ1) is 18.9. The summed E-state index contributed by atoms with van der Waals surface area (Å²) < 4.78 is 13.6. The van der Waals surface area contributed by atoms with Crippen molar-refractivity contribution in [3.05, 3.63) is 35.1 Å². The van der Waals surface area contributed by atoms with Crippen LogP contribution in [-0.2, 0) is 6.54 Å². The van der Waals surface area contributed by atoms with Crippen LogP contribution in [0.25, 0.3) is 0 Å². The highest BCUT2D eigenvalue weighted by Crippen LogP contribution is 2.15.